The van der Waals surface area contributed by atoms with Gasteiger partial charge in [0.2, 0.25) is 0 Å². The Balaban J connectivity index is 1.66. The number of carbonyl (C=O) groups is 1. The van der Waals surface area contributed by atoms with E-state index in [0.717, 1.165) is 31.5 Å². The molecule has 2 aromatic rings. The zero-order valence-corrected chi connectivity index (χ0v) is 13.9. The van der Waals surface area contributed by atoms with Crippen molar-refractivity contribution in [2.45, 2.75) is 24.9 Å². The first kappa shape index (κ1) is 16.1. The van der Waals surface area contributed by atoms with Gasteiger partial charge in [-0.15, -0.1) is 11.3 Å². The molecule has 0 bridgehead atoms. The van der Waals surface area contributed by atoms with E-state index >= 15 is 0 Å². The fourth-order valence-electron chi connectivity index (χ4n) is 2.83. The van der Waals surface area contributed by atoms with E-state index in [1.165, 1.54) is 4.88 Å². The highest BCUT2D eigenvalue weighted by atomic mass is 32.1. The van der Waals surface area contributed by atoms with Crippen LogP contribution in [0.2, 0.25) is 0 Å². The van der Waals surface area contributed by atoms with E-state index < -0.39 is 6.10 Å². The fraction of sp³-hybridized carbons (Fsp3) is 0.412. The lowest BCUT2D eigenvalue weighted by molar-refractivity contribution is -0.126. The molecule has 0 aliphatic carbocycles. The zero-order chi connectivity index (χ0) is 16.1. The van der Waals surface area contributed by atoms with Gasteiger partial charge in [0.15, 0.2) is 11.2 Å². The number of nitrogens with zero attached hydrogens (tertiary/aromatic N) is 1. The first-order chi connectivity index (χ1) is 11.3. The van der Waals surface area contributed by atoms with Gasteiger partial charge >= 0.3 is 0 Å². The number of ether oxygens (including phenoxy) is 1. The van der Waals surface area contributed by atoms with Crippen molar-refractivity contribution in [3.8, 4) is 0 Å². The lowest BCUT2D eigenvalue weighted by atomic mass is 9.97. The highest BCUT2D eigenvalue weighted by molar-refractivity contribution is 7.15. The van der Waals surface area contributed by atoms with E-state index in [9.17, 15) is 4.79 Å². The molecular weight excluding hydrogens is 310 g/mol. The van der Waals surface area contributed by atoms with Gasteiger partial charge in [0, 0.05) is 18.2 Å². The number of methoxy groups -OCH3 is 1. The third-order valence-corrected chi connectivity index (χ3v) is 5.15. The zero-order valence-electron chi connectivity index (χ0n) is 13.1. The molecule has 0 saturated carbocycles. The van der Waals surface area contributed by atoms with Crippen LogP contribution in [0.15, 0.2) is 36.5 Å². The van der Waals surface area contributed by atoms with Crippen molar-refractivity contribution in [2.75, 3.05) is 25.5 Å². The monoisotopic (exact) mass is 331 g/mol. The van der Waals surface area contributed by atoms with E-state index in [-0.39, 0.29) is 5.91 Å². The summed E-state index contributed by atoms with van der Waals surface area (Å²) in [6, 6.07) is 9.48. The van der Waals surface area contributed by atoms with Crippen LogP contribution >= 0.6 is 11.3 Å². The van der Waals surface area contributed by atoms with Crippen molar-refractivity contribution in [3.05, 3.63) is 47.0 Å². The second-order valence-corrected chi connectivity index (χ2v) is 6.67. The second-order valence-electron chi connectivity index (χ2n) is 5.61. The summed E-state index contributed by atoms with van der Waals surface area (Å²) in [5.41, 5.74) is 0.836. The lowest BCUT2D eigenvalue weighted by Crippen LogP contribution is -2.26. The molecule has 3 rings (SSSR count). The van der Waals surface area contributed by atoms with E-state index in [1.807, 2.05) is 36.5 Å². The molecule has 2 N–H and O–H groups in total. The quantitative estimate of drug-likeness (QED) is 0.884. The Morgan fingerprint density at radius 2 is 2.09 bits per heavy atom. The van der Waals surface area contributed by atoms with Crippen LogP contribution in [0.1, 0.15) is 35.3 Å². The minimum Gasteiger partial charge on any atom is -0.367 e. The molecular formula is C17H21N3O2S. The average molecular weight is 331 g/mol. The molecule has 0 spiro atoms. The predicted octanol–water partition coefficient (Wildman–Crippen LogP) is 2.94. The van der Waals surface area contributed by atoms with Gasteiger partial charge in [0.25, 0.3) is 5.91 Å². The predicted molar refractivity (Wildman–Crippen MR) is 91.8 cm³/mol. The van der Waals surface area contributed by atoms with E-state index in [2.05, 4.69) is 15.6 Å². The third kappa shape index (κ3) is 3.96. The number of hydrogen-bond donors (Lipinski definition) is 2. The SMILES string of the molecule is COC(C(=O)Nc1ncc(C2CCNCC2)s1)c1ccccc1. The van der Waals surface area contributed by atoms with E-state index in [4.69, 9.17) is 4.74 Å². The Morgan fingerprint density at radius 1 is 1.35 bits per heavy atom. The second kappa shape index (κ2) is 7.68. The van der Waals surface area contributed by atoms with Gasteiger partial charge in [-0.2, -0.15) is 0 Å². The summed E-state index contributed by atoms with van der Waals surface area (Å²) in [4.78, 5) is 18.0. The summed E-state index contributed by atoms with van der Waals surface area (Å²) in [5.74, 6) is 0.358. The number of aromatic nitrogens is 1. The summed E-state index contributed by atoms with van der Waals surface area (Å²) in [5, 5.41) is 6.88. The first-order valence-corrected chi connectivity index (χ1v) is 8.64. The number of benzene rings is 1. The maximum absolute atomic E-state index is 12.5. The molecule has 23 heavy (non-hydrogen) atoms. The van der Waals surface area contributed by atoms with Gasteiger partial charge in [-0.1, -0.05) is 30.3 Å². The van der Waals surface area contributed by atoms with Crippen LogP contribution in [0, 0.1) is 0 Å². The highest BCUT2D eigenvalue weighted by Gasteiger charge is 2.22. The number of hydrogen-bond acceptors (Lipinski definition) is 5. The minimum absolute atomic E-state index is 0.190. The number of nitrogens with one attached hydrogen (secondary N) is 2. The van der Waals surface area contributed by atoms with Crippen molar-refractivity contribution < 1.29 is 9.53 Å². The number of thiazole rings is 1. The Labute approximate surface area is 140 Å². The fourth-order valence-corrected chi connectivity index (χ4v) is 3.82. The molecule has 1 aromatic carbocycles. The molecule has 0 radical (unpaired) electrons. The van der Waals surface area contributed by atoms with Gasteiger partial charge in [0.05, 0.1) is 0 Å². The molecule has 1 fully saturated rings. The summed E-state index contributed by atoms with van der Waals surface area (Å²) in [6.45, 7) is 2.09. The Bertz CT molecular complexity index is 638. The molecule has 1 unspecified atom stereocenters. The van der Waals surface area contributed by atoms with Crippen molar-refractivity contribution in [2.24, 2.45) is 0 Å². The van der Waals surface area contributed by atoms with Crippen molar-refractivity contribution in [1.82, 2.24) is 10.3 Å². The van der Waals surface area contributed by atoms with Crippen LogP contribution in [0.3, 0.4) is 0 Å². The molecule has 2 heterocycles. The Morgan fingerprint density at radius 3 is 2.78 bits per heavy atom. The minimum atomic E-state index is -0.623. The maximum atomic E-state index is 12.5. The summed E-state index contributed by atoms with van der Waals surface area (Å²) >= 11 is 1.56. The van der Waals surface area contributed by atoms with Crippen LogP contribution < -0.4 is 10.6 Å². The van der Waals surface area contributed by atoms with E-state index in [0.29, 0.717) is 11.0 Å². The van der Waals surface area contributed by atoms with Crippen molar-refractivity contribution in [3.63, 3.8) is 0 Å². The Kier molecular flexibility index (Phi) is 5.38. The van der Waals surface area contributed by atoms with Crippen molar-refractivity contribution in [1.29, 1.82) is 0 Å². The number of amides is 1. The molecule has 1 saturated heterocycles. The first-order valence-electron chi connectivity index (χ1n) is 7.83. The van der Waals surface area contributed by atoms with Gasteiger partial charge in [-0.3, -0.25) is 10.1 Å². The van der Waals surface area contributed by atoms with Crippen LogP contribution in [0.25, 0.3) is 0 Å². The lowest BCUT2D eigenvalue weighted by Gasteiger charge is -2.20. The highest BCUT2D eigenvalue weighted by Crippen LogP contribution is 2.32. The normalized spacial score (nSPS) is 16.9. The third-order valence-electron chi connectivity index (χ3n) is 4.07. The van der Waals surface area contributed by atoms with Gasteiger partial charge in [0.1, 0.15) is 0 Å². The summed E-state index contributed by atoms with van der Waals surface area (Å²) in [7, 11) is 1.54. The van der Waals surface area contributed by atoms with Gasteiger partial charge < -0.3 is 10.1 Å². The molecule has 1 amide bonds. The number of carbonyl (C=O) groups excluding carboxylic acids is 1. The summed E-state index contributed by atoms with van der Waals surface area (Å²) < 4.78 is 5.35. The molecule has 1 atom stereocenters. The van der Waals surface area contributed by atoms with Crippen molar-refractivity contribution >= 4 is 22.4 Å². The molecule has 1 aliphatic rings. The van der Waals surface area contributed by atoms with E-state index in [1.54, 1.807) is 18.4 Å². The number of rotatable bonds is 5. The number of anilines is 1. The van der Waals surface area contributed by atoms with Gasteiger partial charge in [-0.05, 0) is 37.4 Å². The largest absolute Gasteiger partial charge is 0.367 e. The van der Waals surface area contributed by atoms with Crippen LogP contribution in [0.4, 0.5) is 5.13 Å². The Hall–Kier alpha value is -1.76. The molecule has 1 aromatic heterocycles. The topological polar surface area (TPSA) is 63.2 Å². The van der Waals surface area contributed by atoms with Gasteiger partial charge in [-0.25, -0.2) is 4.98 Å². The molecule has 122 valence electrons. The summed E-state index contributed by atoms with van der Waals surface area (Å²) in [6.07, 6.45) is 3.52. The maximum Gasteiger partial charge on any atom is 0.259 e. The average Bonchev–Trinajstić information content (AvgIpc) is 3.06. The smallest absolute Gasteiger partial charge is 0.259 e. The number of piperidine rings is 1. The molecule has 1 aliphatic heterocycles. The molecule has 6 heteroatoms. The standard InChI is InChI=1S/C17H21N3O2S/c1-22-15(13-5-3-2-4-6-13)16(21)20-17-19-11-14(23-17)12-7-9-18-10-8-12/h2-6,11-12,15,18H,7-10H2,1H3,(H,19,20,21). The van der Waals surface area contributed by atoms with Crippen LogP contribution in [-0.4, -0.2) is 31.1 Å². The van der Waals surface area contributed by atoms with Crippen LogP contribution in [0.5, 0.6) is 0 Å². The molecule has 5 nitrogen and oxygen atoms in total. The van der Waals surface area contributed by atoms with Crippen LogP contribution in [-0.2, 0) is 9.53 Å².